The minimum Gasteiger partial charge on any atom is -0.379 e. The summed E-state index contributed by atoms with van der Waals surface area (Å²) in [5, 5.41) is 3.77. The number of amides is 1. The highest BCUT2D eigenvalue weighted by atomic mass is 35.5. The minimum atomic E-state index is -3.57. The van der Waals surface area contributed by atoms with Crippen LogP contribution in [-0.4, -0.2) is 51.5 Å². The monoisotopic (exact) mass is 462 g/mol. The van der Waals surface area contributed by atoms with Crippen LogP contribution in [0.2, 0.25) is 5.02 Å². The van der Waals surface area contributed by atoms with Crippen molar-refractivity contribution >= 4 is 27.5 Å². The fourth-order valence-electron chi connectivity index (χ4n) is 4.49. The highest BCUT2D eigenvalue weighted by Gasteiger charge is 2.36. The van der Waals surface area contributed by atoms with Crippen LogP contribution in [0.5, 0.6) is 0 Å². The van der Waals surface area contributed by atoms with E-state index >= 15 is 0 Å². The second-order valence-corrected chi connectivity index (χ2v) is 10.6. The molecule has 0 radical (unpaired) electrons. The van der Waals surface area contributed by atoms with E-state index in [0.717, 1.165) is 25.7 Å². The summed E-state index contributed by atoms with van der Waals surface area (Å²) in [6, 6.07) is 14.0. The largest absolute Gasteiger partial charge is 0.379 e. The van der Waals surface area contributed by atoms with Crippen LogP contribution in [0.4, 0.5) is 0 Å². The van der Waals surface area contributed by atoms with Crippen LogP contribution >= 0.6 is 11.6 Å². The lowest BCUT2D eigenvalue weighted by Crippen LogP contribution is -2.40. The maximum Gasteiger partial charge on any atom is 0.251 e. The summed E-state index contributed by atoms with van der Waals surface area (Å²) < 4.78 is 32.2. The number of hydrogen-bond acceptors (Lipinski definition) is 4. The molecule has 1 saturated heterocycles. The molecule has 2 aliphatic rings. The third-order valence-corrected chi connectivity index (χ3v) is 8.49. The normalized spacial score (nSPS) is 19.3. The summed E-state index contributed by atoms with van der Waals surface area (Å²) in [7, 11) is -3.57. The summed E-state index contributed by atoms with van der Waals surface area (Å²) in [6.07, 6.45) is 4.30. The number of halogens is 1. The average Bonchev–Trinajstić information content (AvgIpc) is 3.29. The van der Waals surface area contributed by atoms with Crippen LogP contribution in [-0.2, 0) is 20.2 Å². The van der Waals surface area contributed by atoms with Gasteiger partial charge in [-0.3, -0.25) is 4.79 Å². The number of ether oxygens (including phenoxy) is 1. The Morgan fingerprint density at radius 1 is 1.00 bits per heavy atom. The molecule has 31 heavy (non-hydrogen) atoms. The Balaban J connectivity index is 1.44. The van der Waals surface area contributed by atoms with E-state index in [0.29, 0.717) is 43.4 Å². The SMILES string of the molecule is O=C(NCC1(c2ccc(Cl)cc2)CCCC1)c1ccc(S(=O)(=O)N2CCOCC2)cc1. The van der Waals surface area contributed by atoms with Gasteiger partial charge >= 0.3 is 0 Å². The average molecular weight is 463 g/mol. The van der Waals surface area contributed by atoms with Gasteiger partial charge in [0.1, 0.15) is 0 Å². The molecule has 8 heteroatoms. The smallest absolute Gasteiger partial charge is 0.251 e. The van der Waals surface area contributed by atoms with E-state index in [1.165, 1.54) is 22.0 Å². The summed E-state index contributed by atoms with van der Waals surface area (Å²) >= 11 is 6.04. The Bertz CT molecular complexity index is 1010. The number of carbonyl (C=O) groups is 1. The number of hydrogen-bond donors (Lipinski definition) is 1. The van der Waals surface area contributed by atoms with Gasteiger partial charge in [0.05, 0.1) is 18.1 Å². The Labute approximate surface area is 188 Å². The van der Waals surface area contributed by atoms with E-state index in [-0.39, 0.29) is 16.2 Å². The molecule has 2 aromatic rings. The van der Waals surface area contributed by atoms with Crippen molar-refractivity contribution in [2.75, 3.05) is 32.8 Å². The van der Waals surface area contributed by atoms with Crippen molar-refractivity contribution in [3.63, 3.8) is 0 Å². The van der Waals surface area contributed by atoms with E-state index in [1.54, 1.807) is 12.1 Å². The fraction of sp³-hybridized carbons (Fsp3) is 0.435. The van der Waals surface area contributed by atoms with Gasteiger partial charge in [0.25, 0.3) is 5.91 Å². The van der Waals surface area contributed by atoms with Gasteiger partial charge in [0, 0.05) is 35.6 Å². The molecule has 1 aliphatic carbocycles. The summed E-state index contributed by atoms with van der Waals surface area (Å²) in [5.74, 6) is -0.199. The molecule has 1 heterocycles. The predicted octanol–water partition coefficient (Wildman–Crippen LogP) is 3.60. The van der Waals surface area contributed by atoms with Gasteiger partial charge in [0.2, 0.25) is 10.0 Å². The van der Waals surface area contributed by atoms with Crippen molar-refractivity contribution in [3.8, 4) is 0 Å². The lowest BCUT2D eigenvalue weighted by molar-refractivity contribution is 0.0730. The summed E-state index contributed by atoms with van der Waals surface area (Å²) in [4.78, 5) is 13.0. The number of morpholine rings is 1. The molecule has 1 amide bonds. The highest BCUT2D eigenvalue weighted by molar-refractivity contribution is 7.89. The lowest BCUT2D eigenvalue weighted by atomic mass is 9.79. The number of nitrogens with one attached hydrogen (secondary N) is 1. The molecule has 0 spiro atoms. The van der Waals surface area contributed by atoms with Gasteiger partial charge in [-0.1, -0.05) is 36.6 Å². The van der Waals surface area contributed by atoms with Crippen molar-refractivity contribution in [1.82, 2.24) is 9.62 Å². The van der Waals surface area contributed by atoms with Crippen molar-refractivity contribution in [2.24, 2.45) is 0 Å². The first kappa shape index (κ1) is 22.3. The summed E-state index contributed by atoms with van der Waals surface area (Å²) in [6.45, 7) is 2.03. The fourth-order valence-corrected chi connectivity index (χ4v) is 6.02. The quantitative estimate of drug-likeness (QED) is 0.711. The van der Waals surface area contributed by atoms with Crippen LogP contribution in [0, 0.1) is 0 Å². The minimum absolute atomic E-state index is 0.0835. The Kier molecular flexibility index (Phi) is 6.67. The van der Waals surface area contributed by atoms with E-state index in [4.69, 9.17) is 16.3 Å². The molecule has 0 aromatic heterocycles. The topological polar surface area (TPSA) is 75.7 Å². The molecule has 0 unspecified atom stereocenters. The van der Waals surface area contributed by atoms with E-state index in [1.807, 2.05) is 24.3 Å². The molecular weight excluding hydrogens is 436 g/mol. The Morgan fingerprint density at radius 3 is 2.23 bits per heavy atom. The van der Waals surface area contributed by atoms with E-state index in [2.05, 4.69) is 5.32 Å². The van der Waals surface area contributed by atoms with Crippen LogP contribution in [0.3, 0.4) is 0 Å². The first-order chi connectivity index (χ1) is 14.9. The van der Waals surface area contributed by atoms with Crippen molar-refractivity contribution in [2.45, 2.75) is 36.0 Å². The van der Waals surface area contributed by atoms with Gasteiger partial charge in [-0.2, -0.15) is 4.31 Å². The first-order valence-corrected chi connectivity index (χ1v) is 12.4. The number of benzene rings is 2. The molecule has 4 rings (SSSR count). The van der Waals surface area contributed by atoms with Crippen molar-refractivity contribution < 1.29 is 17.9 Å². The maximum atomic E-state index is 12.8. The standard InChI is InChI=1S/C23H27ClN2O4S/c24-20-7-5-19(6-8-20)23(11-1-2-12-23)17-25-22(27)18-3-9-21(10-4-18)31(28,29)26-13-15-30-16-14-26/h3-10H,1-2,11-17H2,(H,25,27). The zero-order chi connectivity index (χ0) is 21.9. The van der Waals surface area contributed by atoms with Crippen LogP contribution in [0.25, 0.3) is 0 Å². The number of rotatable bonds is 6. The van der Waals surface area contributed by atoms with Gasteiger partial charge in [-0.05, 0) is 54.8 Å². The van der Waals surface area contributed by atoms with Gasteiger partial charge in [0.15, 0.2) is 0 Å². The lowest BCUT2D eigenvalue weighted by Gasteiger charge is -2.30. The Hall–Kier alpha value is -1.93. The zero-order valence-electron chi connectivity index (χ0n) is 17.3. The van der Waals surface area contributed by atoms with Gasteiger partial charge in [-0.15, -0.1) is 0 Å². The molecule has 6 nitrogen and oxygen atoms in total. The predicted molar refractivity (Wildman–Crippen MR) is 120 cm³/mol. The molecular formula is C23H27ClN2O4S. The Morgan fingerprint density at radius 2 is 1.61 bits per heavy atom. The van der Waals surface area contributed by atoms with Crippen molar-refractivity contribution in [3.05, 3.63) is 64.7 Å². The highest BCUT2D eigenvalue weighted by Crippen LogP contribution is 2.41. The molecule has 166 valence electrons. The third-order valence-electron chi connectivity index (χ3n) is 6.33. The van der Waals surface area contributed by atoms with Crippen LogP contribution < -0.4 is 5.32 Å². The van der Waals surface area contributed by atoms with E-state index < -0.39 is 10.0 Å². The van der Waals surface area contributed by atoms with Crippen LogP contribution in [0.1, 0.15) is 41.6 Å². The van der Waals surface area contributed by atoms with Gasteiger partial charge in [-0.25, -0.2) is 8.42 Å². The second kappa shape index (κ2) is 9.28. The molecule has 2 fully saturated rings. The number of nitrogens with zero attached hydrogens (tertiary/aromatic N) is 1. The maximum absolute atomic E-state index is 12.8. The zero-order valence-corrected chi connectivity index (χ0v) is 18.9. The third kappa shape index (κ3) is 4.80. The van der Waals surface area contributed by atoms with E-state index in [9.17, 15) is 13.2 Å². The molecule has 0 atom stereocenters. The first-order valence-electron chi connectivity index (χ1n) is 10.6. The molecule has 1 aliphatic heterocycles. The number of sulfonamides is 1. The van der Waals surface area contributed by atoms with Gasteiger partial charge < -0.3 is 10.1 Å². The molecule has 1 saturated carbocycles. The molecule has 0 bridgehead atoms. The second-order valence-electron chi connectivity index (χ2n) is 8.22. The van der Waals surface area contributed by atoms with Crippen LogP contribution in [0.15, 0.2) is 53.4 Å². The van der Waals surface area contributed by atoms with Crippen molar-refractivity contribution in [1.29, 1.82) is 0 Å². The molecule has 2 aromatic carbocycles. The summed E-state index contributed by atoms with van der Waals surface area (Å²) in [5.41, 5.74) is 1.56. The molecule has 1 N–H and O–H groups in total. The number of carbonyl (C=O) groups excluding carboxylic acids is 1.